The van der Waals surface area contributed by atoms with Gasteiger partial charge in [-0.15, -0.1) is 0 Å². The molecule has 0 radical (unpaired) electrons. The number of nitrogens with one attached hydrogen (secondary N) is 1. The first-order chi connectivity index (χ1) is 7.74. The van der Waals surface area contributed by atoms with E-state index in [0.717, 1.165) is 34.6 Å². The summed E-state index contributed by atoms with van der Waals surface area (Å²) in [4.78, 5) is 4.51. The van der Waals surface area contributed by atoms with Crippen LogP contribution in [0.25, 0.3) is 10.9 Å². The average molecular weight is 216 g/mol. The number of benzene rings is 1. The second-order valence-corrected chi connectivity index (χ2v) is 3.72. The number of aromatic nitrogens is 1. The van der Waals surface area contributed by atoms with E-state index in [1.54, 1.807) is 7.11 Å². The van der Waals surface area contributed by atoms with Crippen molar-refractivity contribution >= 4 is 16.6 Å². The molecule has 16 heavy (non-hydrogen) atoms. The summed E-state index contributed by atoms with van der Waals surface area (Å²) in [7, 11) is 1.67. The summed E-state index contributed by atoms with van der Waals surface area (Å²) in [5.74, 6) is 0.841. The molecule has 0 aliphatic carbocycles. The van der Waals surface area contributed by atoms with Gasteiger partial charge in [0, 0.05) is 29.4 Å². The SMILES string of the molecule is CCNc1cc(C)nc2cc(OC)ccc12. The van der Waals surface area contributed by atoms with Crippen LogP contribution in [-0.4, -0.2) is 18.6 Å². The number of fused-ring (bicyclic) bond motifs is 1. The van der Waals surface area contributed by atoms with Gasteiger partial charge in [-0.25, -0.2) is 0 Å². The zero-order valence-corrected chi connectivity index (χ0v) is 9.87. The fourth-order valence-electron chi connectivity index (χ4n) is 1.80. The van der Waals surface area contributed by atoms with Gasteiger partial charge in [-0.05, 0) is 32.0 Å². The van der Waals surface area contributed by atoms with Gasteiger partial charge in [-0.1, -0.05) is 0 Å². The minimum Gasteiger partial charge on any atom is -0.497 e. The van der Waals surface area contributed by atoms with E-state index in [9.17, 15) is 0 Å². The van der Waals surface area contributed by atoms with Gasteiger partial charge >= 0.3 is 0 Å². The lowest BCUT2D eigenvalue weighted by Gasteiger charge is -2.09. The van der Waals surface area contributed by atoms with E-state index >= 15 is 0 Å². The van der Waals surface area contributed by atoms with Crippen molar-refractivity contribution in [1.82, 2.24) is 4.98 Å². The Morgan fingerprint density at radius 2 is 2.12 bits per heavy atom. The van der Waals surface area contributed by atoms with E-state index < -0.39 is 0 Å². The lowest BCUT2D eigenvalue weighted by atomic mass is 10.1. The highest BCUT2D eigenvalue weighted by atomic mass is 16.5. The highest BCUT2D eigenvalue weighted by Crippen LogP contribution is 2.26. The Balaban J connectivity index is 2.63. The summed E-state index contributed by atoms with van der Waals surface area (Å²) in [5.41, 5.74) is 3.11. The Morgan fingerprint density at radius 1 is 1.31 bits per heavy atom. The largest absolute Gasteiger partial charge is 0.497 e. The van der Waals surface area contributed by atoms with Gasteiger partial charge in [0.2, 0.25) is 0 Å². The Kier molecular flexibility index (Phi) is 2.95. The molecule has 1 aromatic carbocycles. The molecular formula is C13H16N2O. The van der Waals surface area contributed by atoms with Crippen LogP contribution in [0.2, 0.25) is 0 Å². The van der Waals surface area contributed by atoms with Crippen molar-refractivity contribution in [3.05, 3.63) is 30.0 Å². The first-order valence-electron chi connectivity index (χ1n) is 5.44. The third kappa shape index (κ3) is 1.94. The minimum absolute atomic E-state index is 0.841. The molecule has 0 atom stereocenters. The smallest absolute Gasteiger partial charge is 0.121 e. The molecule has 3 heteroatoms. The van der Waals surface area contributed by atoms with E-state index in [1.165, 1.54) is 0 Å². The molecule has 1 N–H and O–H groups in total. The molecule has 0 amide bonds. The van der Waals surface area contributed by atoms with Crippen LogP contribution in [0.5, 0.6) is 5.75 Å². The summed E-state index contributed by atoms with van der Waals surface area (Å²) in [6.45, 7) is 5.00. The lowest BCUT2D eigenvalue weighted by molar-refractivity contribution is 0.415. The van der Waals surface area contributed by atoms with Crippen molar-refractivity contribution in [2.75, 3.05) is 19.0 Å². The molecule has 0 bridgehead atoms. The first-order valence-corrected chi connectivity index (χ1v) is 5.44. The molecule has 0 aliphatic rings. The number of methoxy groups -OCH3 is 1. The van der Waals surface area contributed by atoms with E-state index in [1.807, 2.05) is 25.1 Å². The zero-order valence-electron chi connectivity index (χ0n) is 9.87. The van der Waals surface area contributed by atoms with Gasteiger partial charge in [0.15, 0.2) is 0 Å². The number of nitrogens with zero attached hydrogens (tertiary/aromatic N) is 1. The maximum atomic E-state index is 5.20. The van der Waals surface area contributed by atoms with Crippen LogP contribution in [0, 0.1) is 6.92 Å². The molecule has 0 saturated carbocycles. The molecule has 0 saturated heterocycles. The molecular weight excluding hydrogens is 200 g/mol. The highest BCUT2D eigenvalue weighted by molar-refractivity contribution is 5.92. The van der Waals surface area contributed by atoms with Crippen molar-refractivity contribution in [3.8, 4) is 5.75 Å². The maximum absolute atomic E-state index is 5.20. The van der Waals surface area contributed by atoms with Gasteiger partial charge < -0.3 is 10.1 Å². The Morgan fingerprint density at radius 3 is 2.81 bits per heavy atom. The monoisotopic (exact) mass is 216 g/mol. The van der Waals surface area contributed by atoms with E-state index in [-0.39, 0.29) is 0 Å². The van der Waals surface area contributed by atoms with Crippen molar-refractivity contribution in [1.29, 1.82) is 0 Å². The maximum Gasteiger partial charge on any atom is 0.121 e. The van der Waals surface area contributed by atoms with Gasteiger partial charge in [0.05, 0.1) is 12.6 Å². The van der Waals surface area contributed by atoms with Crippen LogP contribution in [-0.2, 0) is 0 Å². The summed E-state index contributed by atoms with van der Waals surface area (Å²) in [5, 5.41) is 4.48. The van der Waals surface area contributed by atoms with Crippen LogP contribution < -0.4 is 10.1 Å². The summed E-state index contributed by atoms with van der Waals surface area (Å²) in [6, 6.07) is 8.03. The molecule has 0 unspecified atom stereocenters. The summed E-state index contributed by atoms with van der Waals surface area (Å²) >= 11 is 0. The zero-order chi connectivity index (χ0) is 11.5. The van der Waals surface area contributed by atoms with Gasteiger partial charge in [-0.3, -0.25) is 4.98 Å². The number of aryl methyl sites for hydroxylation is 1. The second kappa shape index (κ2) is 4.39. The molecule has 0 aliphatic heterocycles. The second-order valence-electron chi connectivity index (χ2n) is 3.72. The topological polar surface area (TPSA) is 34.2 Å². The quantitative estimate of drug-likeness (QED) is 0.856. The third-order valence-electron chi connectivity index (χ3n) is 2.51. The molecule has 0 fully saturated rings. The number of hydrogen-bond acceptors (Lipinski definition) is 3. The van der Waals surface area contributed by atoms with Gasteiger partial charge in [-0.2, -0.15) is 0 Å². The number of rotatable bonds is 3. The lowest BCUT2D eigenvalue weighted by Crippen LogP contribution is -1.99. The molecule has 2 aromatic rings. The van der Waals surface area contributed by atoms with Crippen LogP contribution >= 0.6 is 0 Å². The molecule has 3 nitrogen and oxygen atoms in total. The first kappa shape index (κ1) is 10.7. The summed E-state index contributed by atoms with van der Waals surface area (Å²) in [6.07, 6.45) is 0. The highest BCUT2D eigenvalue weighted by Gasteiger charge is 2.04. The number of hydrogen-bond donors (Lipinski definition) is 1. The van der Waals surface area contributed by atoms with Crippen molar-refractivity contribution < 1.29 is 4.74 Å². The fraction of sp³-hybridized carbons (Fsp3) is 0.308. The molecule has 2 rings (SSSR count). The standard InChI is InChI=1S/C13H16N2O/c1-4-14-12-7-9(2)15-13-8-10(16-3)5-6-11(12)13/h5-8H,4H2,1-3H3,(H,14,15). The normalized spacial score (nSPS) is 10.4. The predicted octanol–water partition coefficient (Wildman–Crippen LogP) is 2.98. The molecule has 1 aromatic heterocycles. The van der Waals surface area contributed by atoms with Crippen molar-refractivity contribution in [2.45, 2.75) is 13.8 Å². The Hall–Kier alpha value is -1.77. The van der Waals surface area contributed by atoms with Crippen LogP contribution in [0.3, 0.4) is 0 Å². The van der Waals surface area contributed by atoms with Gasteiger partial charge in [0.1, 0.15) is 5.75 Å². The minimum atomic E-state index is 0.841. The van der Waals surface area contributed by atoms with Crippen molar-refractivity contribution in [2.24, 2.45) is 0 Å². The predicted molar refractivity (Wildman–Crippen MR) is 67.2 cm³/mol. The van der Waals surface area contributed by atoms with E-state index in [4.69, 9.17) is 4.74 Å². The Bertz CT molecular complexity index is 509. The third-order valence-corrected chi connectivity index (χ3v) is 2.51. The molecule has 84 valence electrons. The van der Waals surface area contributed by atoms with E-state index in [0.29, 0.717) is 0 Å². The summed E-state index contributed by atoms with van der Waals surface area (Å²) < 4.78 is 5.20. The molecule has 1 heterocycles. The average Bonchev–Trinajstić information content (AvgIpc) is 2.28. The van der Waals surface area contributed by atoms with Crippen molar-refractivity contribution in [3.63, 3.8) is 0 Å². The van der Waals surface area contributed by atoms with Crippen LogP contribution in [0.1, 0.15) is 12.6 Å². The van der Waals surface area contributed by atoms with Crippen LogP contribution in [0.4, 0.5) is 5.69 Å². The fourth-order valence-corrected chi connectivity index (χ4v) is 1.80. The van der Waals surface area contributed by atoms with Gasteiger partial charge in [0.25, 0.3) is 0 Å². The number of anilines is 1. The van der Waals surface area contributed by atoms with E-state index in [2.05, 4.69) is 23.3 Å². The number of ether oxygens (including phenoxy) is 1. The number of pyridine rings is 1. The van der Waals surface area contributed by atoms with Crippen LogP contribution in [0.15, 0.2) is 24.3 Å². The Labute approximate surface area is 95.5 Å². The molecule has 0 spiro atoms.